The fraction of sp³-hybridized carbons (Fsp3) is 0.929. The van der Waals surface area contributed by atoms with Crippen LogP contribution in [0.4, 0.5) is 4.79 Å². The molecule has 20 heavy (non-hydrogen) atoms. The number of nitrogens with zero attached hydrogens (tertiary/aromatic N) is 1. The normalized spacial score (nSPS) is 24.6. The molecule has 1 aliphatic heterocycles. The SMILES string of the molecule is C[C@@H]1C[C@H](C)CN(C(=O)NCCS(=O)(=O)C(C)(C)C)C1. The van der Waals surface area contributed by atoms with E-state index in [0.717, 1.165) is 19.5 Å². The number of amides is 2. The molecular formula is C14H28N2O3S. The molecule has 0 aromatic heterocycles. The van der Waals surface area contributed by atoms with Crippen LogP contribution in [0.25, 0.3) is 0 Å². The molecular weight excluding hydrogens is 276 g/mol. The fourth-order valence-corrected chi connectivity index (χ4v) is 3.52. The number of sulfone groups is 1. The Kier molecular flexibility index (Phi) is 5.46. The van der Waals surface area contributed by atoms with Crippen LogP contribution in [0, 0.1) is 11.8 Å². The Labute approximate surface area is 123 Å². The smallest absolute Gasteiger partial charge is 0.317 e. The zero-order chi connectivity index (χ0) is 15.6. The third-order valence-electron chi connectivity index (χ3n) is 3.74. The standard InChI is InChI=1S/C14H28N2O3S/c1-11-8-12(2)10-16(9-11)13(17)15-6-7-20(18,19)14(3,4)5/h11-12H,6-10H2,1-5H3,(H,15,17)/t11-,12+. The predicted molar refractivity (Wildman–Crippen MR) is 81.5 cm³/mol. The first kappa shape index (κ1) is 17.3. The lowest BCUT2D eigenvalue weighted by molar-refractivity contribution is 0.146. The average molecular weight is 304 g/mol. The molecule has 0 unspecified atom stereocenters. The quantitative estimate of drug-likeness (QED) is 0.866. The molecule has 2 amide bonds. The highest BCUT2D eigenvalue weighted by Gasteiger charge is 2.29. The van der Waals surface area contributed by atoms with Crippen molar-refractivity contribution in [1.82, 2.24) is 10.2 Å². The minimum atomic E-state index is -3.18. The summed E-state index contributed by atoms with van der Waals surface area (Å²) in [5, 5.41) is 2.73. The van der Waals surface area contributed by atoms with Gasteiger partial charge in [-0.2, -0.15) is 0 Å². The van der Waals surface area contributed by atoms with E-state index in [1.165, 1.54) is 0 Å². The second kappa shape index (κ2) is 6.33. The summed E-state index contributed by atoms with van der Waals surface area (Å²) in [6, 6.07) is -0.146. The first-order valence-electron chi connectivity index (χ1n) is 7.28. The summed E-state index contributed by atoms with van der Waals surface area (Å²) in [5.74, 6) is 0.992. The van der Waals surface area contributed by atoms with E-state index in [-0.39, 0.29) is 18.3 Å². The maximum absolute atomic E-state index is 12.0. The molecule has 0 aromatic carbocycles. The highest BCUT2D eigenvalue weighted by Crippen LogP contribution is 2.20. The Morgan fingerprint density at radius 3 is 2.15 bits per heavy atom. The van der Waals surface area contributed by atoms with Crippen LogP contribution in [0.15, 0.2) is 0 Å². The summed E-state index contributed by atoms with van der Waals surface area (Å²) in [5.41, 5.74) is 0. The molecule has 1 fully saturated rings. The third-order valence-corrected chi connectivity index (χ3v) is 6.34. The number of urea groups is 1. The molecule has 118 valence electrons. The van der Waals surface area contributed by atoms with Crippen LogP contribution in [-0.4, -0.2) is 49.5 Å². The Morgan fingerprint density at radius 1 is 1.20 bits per heavy atom. The van der Waals surface area contributed by atoms with Gasteiger partial charge < -0.3 is 10.2 Å². The monoisotopic (exact) mass is 304 g/mol. The van der Waals surface area contributed by atoms with Crippen molar-refractivity contribution in [2.24, 2.45) is 11.8 Å². The van der Waals surface area contributed by atoms with Gasteiger partial charge >= 0.3 is 6.03 Å². The number of nitrogens with one attached hydrogen (secondary N) is 1. The number of carbonyl (C=O) groups is 1. The number of likely N-dealkylation sites (tertiary alicyclic amines) is 1. The molecule has 2 atom stereocenters. The van der Waals surface area contributed by atoms with Gasteiger partial charge in [0.25, 0.3) is 0 Å². The van der Waals surface area contributed by atoms with E-state index in [9.17, 15) is 13.2 Å². The molecule has 0 saturated carbocycles. The van der Waals surface area contributed by atoms with E-state index >= 15 is 0 Å². The van der Waals surface area contributed by atoms with Gasteiger partial charge in [0, 0.05) is 19.6 Å². The lowest BCUT2D eigenvalue weighted by Gasteiger charge is -2.35. The minimum absolute atomic E-state index is 0.0127. The van der Waals surface area contributed by atoms with Crippen LogP contribution in [0.5, 0.6) is 0 Å². The van der Waals surface area contributed by atoms with Crippen molar-refractivity contribution in [2.45, 2.75) is 45.8 Å². The molecule has 0 aliphatic carbocycles. The largest absolute Gasteiger partial charge is 0.337 e. The highest BCUT2D eigenvalue weighted by molar-refractivity contribution is 7.92. The van der Waals surface area contributed by atoms with E-state index in [1.54, 1.807) is 25.7 Å². The summed E-state index contributed by atoms with van der Waals surface area (Å²) in [7, 11) is -3.18. The van der Waals surface area contributed by atoms with Crippen LogP contribution in [0.1, 0.15) is 41.0 Å². The van der Waals surface area contributed by atoms with E-state index in [2.05, 4.69) is 19.2 Å². The topological polar surface area (TPSA) is 66.5 Å². The highest BCUT2D eigenvalue weighted by atomic mass is 32.2. The molecule has 0 radical (unpaired) electrons. The molecule has 0 bridgehead atoms. The first-order chi connectivity index (χ1) is 9.03. The Morgan fingerprint density at radius 2 is 1.70 bits per heavy atom. The van der Waals surface area contributed by atoms with Crippen LogP contribution in [0.2, 0.25) is 0 Å². The number of piperidine rings is 1. The Bertz CT molecular complexity index is 430. The molecule has 0 spiro atoms. The van der Waals surface area contributed by atoms with Gasteiger partial charge in [0.2, 0.25) is 0 Å². The second-order valence-electron chi connectivity index (χ2n) is 7.01. The van der Waals surface area contributed by atoms with Gasteiger partial charge in [-0.1, -0.05) is 13.8 Å². The molecule has 6 heteroatoms. The summed E-state index contributed by atoms with van der Waals surface area (Å²) in [6.07, 6.45) is 1.14. The van der Waals surface area contributed by atoms with Gasteiger partial charge in [0.05, 0.1) is 10.5 Å². The number of rotatable bonds is 3. The Balaban J connectivity index is 2.45. The number of hydrogen-bond acceptors (Lipinski definition) is 3. The first-order valence-corrected chi connectivity index (χ1v) is 8.93. The van der Waals surface area contributed by atoms with Crippen molar-refractivity contribution in [1.29, 1.82) is 0 Å². The molecule has 1 N–H and O–H groups in total. The van der Waals surface area contributed by atoms with Crippen molar-refractivity contribution in [2.75, 3.05) is 25.4 Å². The fourth-order valence-electron chi connectivity index (χ4n) is 2.54. The zero-order valence-corrected chi connectivity index (χ0v) is 14.1. The summed E-state index contributed by atoms with van der Waals surface area (Å²) < 4.78 is 23.1. The van der Waals surface area contributed by atoms with Crippen molar-refractivity contribution >= 4 is 15.9 Å². The molecule has 1 heterocycles. The zero-order valence-electron chi connectivity index (χ0n) is 13.3. The third kappa shape index (κ3) is 4.65. The van der Waals surface area contributed by atoms with Crippen LogP contribution < -0.4 is 5.32 Å². The van der Waals surface area contributed by atoms with Crippen LogP contribution in [-0.2, 0) is 9.84 Å². The van der Waals surface area contributed by atoms with Crippen molar-refractivity contribution < 1.29 is 13.2 Å². The lowest BCUT2D eigenvalue weighted by Crippen LogP contribution is -2.48. The average Bonchev–Trinajstić information content (AvgIpc) is 2.25. The second-order valence-corrected chi connectivity index (χ2v) is 9.88. The maximum Gasteiger partial charge on any atom is 0.317 e. The van der Waals surface area contributed by atoms with Gasteiger partial charge in [-0.25, -0.2) is 13.2 Å². The summed E-state index contributed by atoms with van der Waals surface area (Å²) in [4.78, 5) is 13.8. The molecule has 5 nitrogen and oxygen atoms in total. The summed E-state index contributed by atoms with van der Waals surface area (Å²) in [6.45, 7) is 11.0. The van der Waals surface area contributed by atoms with E-state index in [0.29, 0.717) is 11.8 Å². The minimum Gasteiger partial charge on any atom is -0.337 e. The van der Waals surface area contributed by atoms with Gasteiger partial charge in [-0.05, 0) is 39.0 Å². The van der Waals surface area contributed by atoms with Gasteiger partial charge in [0.1, 0.15) is 0 Å². The van der Waals surface area contributed by atoms with Gasteiger partial charge in [-0.3, -0.25) is 0 Å². The molecule has 1 saturated heterocycles. The Hall–Kier alpha value is -0.780. The van der Waals surface area contributed by atoms with Gasteiger partial charge in [-0.15, -0.1) is 0 Å². The predicted octanol–water partition coefficient (Wildman–Crippen LogP) is 1.89. The maximum atomic E-state index is 12.0. The summed E-state index contributed by atoms with van der Waals surface area (Å²) >= 11 is 0. The lowest BCUT2D eigenvalue weighted by atomic mass is 9.92. The van der Waals surface area contributed by atoms with E-state index < -0.39 is 14.6 Å². The van der Waals surface area contributed by atoms with Crippen LogP contribution >= 0.6 is 0 Å². The van der Waals surface area contributed by atoms with Crippen molar-refractivity contribution in [3.8, 4) is 0 Å². The van der Waals surface area contributed by atoms with Crippen molar-refractivity contribution in [3.05, 3.63) is 0 Å². The number of carbonyl (C=O) groups excluding carboxylic acids is 1. The van der Waals surface area contributed by atoms with E-state index in [1.807, 2.05) is 0 Å². The molecule has 1 aliphatic rings. The number of hydrogen-bond donors (Lipinski definition) is 1. The molecule has 1 rings (SSSR count). The van der Waals surface area contributed by atoms with Gasteiger partial charge in [0.15, 0.2) is 9.84 Å². The van der Waals surface area contributed by atoms with Crippen LogP contribution in [0.3, 0.4) is 0 Å². The van der Waals surface area contributed by atoms with E-state index in [4.69, 9.17) is 0 Å². The molecule has 0 aromatic rings. The van der Waals surface area contributed by atoms with Crippen molar-refractivity contribution in [3.63, 3.8) is 0 Å².